The van der Waals surface area contributed by atoms with Crippen LogP contribution in [0.25, 0.3) is 0 Å². The minimum absolute atomic E-state index is 0. The fourth-order valence-electron chi connectivity index (χ4n) is 0.383. The van der Waals surface area contributed by atoms with E-state index in [1.54, 1.807) is 0 Å². The molecule has 0 unspecified atom stereocenters. The summed E-state index contributed by atoms with van der Waals surface area (Å²) < 4.78 is 0. The first-order valence-corrected chi connectivity index (χ1v) is 2.07. The predicted molar refractivity (Wildman–Crippen MR) is 30.2 cm³/mol. The molecule has 0 bridgehead atoms. The Balaban J connectivity index is 0.000000640. The molecular weight excluding hydrogens is 127 g/mol. The van der Waals surface area contributed by atoms with Gasteiger partial charge in [0.25, 0.3) is 5.56 Å². The summed E-state index contributed by atoms with van der Waals surface area (Å²) in [5, 5.41) is 0. The third-order valence-corrected chi connectivity index (χ3v) is 0.686. The number of aromatic nitrogens is 2. The van der Waals surface area contributed by atoms with Crippen LogP contribution in [0, 0.1) is 0 Å². The summed E-state index contributed by atoms with van der Waals surface area (Å²) in [7, 11) is 0. The molecule has 0 aliphatic carbocycles. The van der Waals surface area contributed by atoms with Crippen molar-refractivity contribution < 1.29 is 4.70 Å². The summed E-state index contributed by atoms with van der Waals surface area (Å²) in [6.07, 6.45) is 1.29. The second-order valence-electron chi connectivity index (χ2n) is 1.30. The molecule has 0 amide bonds. The van der Waals surface area contributed by atoms with E-state index >= 15 is 0 Å². The molecule has 5 heteroatoms. The van der Waals surface area contributed by atoms with E-state index in [0.717, 1.165) is 0 Å². The van der Waals surface area contributed by atoms with Crippen LogP contribution in [-0.4, -0.2) is 9.97 Å². The van der Waals surface area contributed by atoms with Crippen molar-refractivity contribution in [2.45, 2.75) is 0 Å². The molecule has 0 saturated heterocycles. The van der Waals surface area contributed by atoms with E-state index in [1.165, 1.54) is 12.3 Å². The van der Waals surface area contributed by atoms with E-state index in [1.807, 2.05) is 4.98 Å². The number of hydrogen-bond acceptors (Lipinski definition) is 2. The zero-order valence-corrected chi connectivity index (χ0v) is 4.38. The monoisotopic (exact) mass is 132 g/mol. The molecule has 0 aromatic carbocycles. The van der Waals surface area contributed by atoms with Gasteiger partial charge in [0.1, 0.15) is 0 Å². The molecule has 1 heterocycles. The van der Waals surface area contributed by atoms with Crippen LogP contribution < -0.4 is 11.2 Å². The Kier molecular flexibility index (Phi) is 2.37. The van der Waals surface area contributed by atoms with Gasteiger partial charge in [0.05, 0.1) is 0 Å². The molecule has 4 nitrogen and oxygen atoms in total. The molecule has 50 valence electrons. The average Bonchev–Trinajstić information content (AvgIpc) is 1.64. The van der Waals surface area contributed by atoms with E-state index in [2.05, 4.69) is 4.98 Å². The minimum Gasteiger partial charge on any atom is -0.314 e. The molecule has 1 aromatic heterocycles. The van der Waals surface area contributed by atoms with Crippen LogP contribution in [0.15, 0.2) is 21.9 Å². The Morgan fingerprint density at radius 3 is 2.33 bits per heavy atom. The van der Waals surface area contributed by atoms with Crippen molar-refractivity contribution in [1.82, 2.24) is 9.97 Å². The summed E-state index contributed by atoms with van der Waals surface area (Å²) in [5.74, 6) is 0. The molecule has 0 spiro atoms. The molecule has 0 fully saturated rings. The van der Waals surface area contributed by atoms with Crippen molar-refractivity contribution in [3.8, 4) is 0 Å². The normalized spacial score (nSPS) is 8.00. The Bertz CT molecular complexity index is 251. The van der Waals surface area contributed by atoms with Gasteiger partial charge in [0, 0.05) is 12.3 Å². The lowest BCUT2D eigenvalue weighted by atomic mass is 10.7. The molecule has 1 rings (SSSR count). The van der Waals surface area contributed by atoms with Gasteiger partial charge in [-0.2, -0.15) is 0 Å². The van der Waals surface area contributed by atoms with E-state index in [4.69, 9.17) is 0 Å². The first-order chi connectivity index (χ1) is 3.79. The molecule has 0 aliphatic heterocycles. The van der Waals surface area contributed by atoms with Crippen molar-refractivity contribution in [1.29, 1.82) is 0 Å². The number of aromatic amines is 2. The Labute approximate surface area is 48.9 Å². The highest BCUT2D eigenvalue weighted by atomic mass is 19.0. The second kappa shape index (κ2) is 2.81. The quantitative estimate of drug-likeness (QED) is 0.486. The van der Waals surface area contributed by atoms with Crippen molar-refractivity contribution in [2.24, 2.45) is 0 Å². The Morgan fingerprint density at radius 2 is 2.00 bits per heavy atom. The summed E-state index contributed by atoms with van der Waals surface area (Å²) in [4.78, 5) is 24.7. The maximum atomic E-state index is 10.2. The molecule has 9 heavy (non-hydrogen) atoms. The van der Waals surface area contributed by atoms with Gasteiger partial charge in [-0.05, 0) is 0 Å². The fraction of sp³-hybridized carbons (Fsp3) is 0. The minimum atomic E-state index is -0.475. The van der Waals surface area contributed by atoms with Gasteiger partial charge in [-0.15, -0.1) is 0 Å². The van der Waals surface area contributed by atoms with Gasteiger partial charge in [-0.25, -0.2) is 4.79 Å². The molecule has 0 saturated carbocycles. The summed E-state index contributed by atoms with van der Waals surface area (Å²) in [6, 6.07) is 1.24. The Morgan fingerprint density at radius 1 is 1.33 bits per heavy atom. The average molecular weight is 132 g/mol. The second-order valence-corrected chi connectivity index (χ2v) is 1.30. The van der Waals surface area contributed by atoms with Crippen LogP contribution in [-0.2, 0) is 0 Å². The number of rotatable bonds is 0. The zero-order valence-electron chi connectivity index (χ0n) is 4.38. The third kappa shape index (κ3) is 1.89. The number of hydrogen-bond donors (Lipinski definition) is 2. The van der Waals surface area contributed by atoms with Gasteiger partial charge in [-0.1, -0.05) is 0 Å². The molecular formula is C4H5FN2O2. The van der Waals surface area contributed by atoms with Crippen molar-refractivity contribution in [3.05, 3.63) is 33.1 Å². The van der Waals surface area contributed by atoms with Gasteiger partial charge in [-0.3, -0.25) is 14.5 Å². The molecule has 2 N–H and O–H groups in total. The summed E-state index contributed by atoms with van der Waals surface area (Å²) >= 11 is 0. The number of nitrogens with one attached hydrogen (secondary N) is 2. The van der Waals surface area contributed by atoms with Crippen LogP contribution >= 0.6 is 0 Å². The lowest BCUT2D eigenvalue weighted by Gasteiger charge is -1.75. The first-order valence-electron chi connectivity index (χ1n) is 2.07. The first kappa shape index (κ1) is 7.61. The molecule has 0 radical (unpaired) electrons. The van der Waals surface area contributed by atoms with Crippen LogP contribution in [0.5, 0.6) is 0 Å². The van der Waals surface area contributed by atoms with Gasteiger partial charge >= 0.3 is 5.69 Å². The number of halogens is 1. The SMILES string of the molecule is F.O=c1cc[nH]c(=O)[nH]1. The van der Waals surface area contributed by atoms with Gasteiger partial charge < -0.3 is 4.98 Å². The van der Waals surface area contributed by atoms with Crippen LogP contribution in [0.1, 0.15) is 0 Å². The van der Waals surface area contributed by atoms with Crippen molar-refractivity contribution in [2.75, 3.05) is 0 Å². The predicted octanol–water partition coefficient (Wildman–Crippen LogP) is -0.784. The van der Waals surface area contributed by atoms with E-state index in [9.17, 15) is 9.59 Å². The van der Waals surface area contributed by atoms with E-state index in [0.29, 0.717) is 0 Å². The Hall–Kier alpha value is -1.39. The smallest absolute Gasteiger partial charge is 0.314 e. The van der Waals surface area contributed by atoms with Crippen LogP contribution in [0.3, 0.4) is 0 Å². The van der Waals surface area contributed by atoms with Gasteiger partial charge in [0.2, 0.25) is 0 Å². The van der Waals surface area contributed by atoms with Crippen molar-refractivity contribution >= 4 is 0 Å². The highest BCUT2D eigenvalue weighted by Gasteiger charge is 1.77. The maximum Gasteiger partial charge on any atom is 0.325 e. The van der Waals surface area contributed by atoms with Crippen LogP contribution in [0.2, 0.25) is 0 Å². The molecule has 0 atom stereocenters. The zero-order chi connectivity index (χ0) is 5.98. The highest BCUT2D eigenvalue weighted by Crippen LogP contribution is 1.51. The standard InChI is InChI=1S/C4H4N2O2.FH/c7-3-1-2-5-4(8)6-3;/h1-2H,(H2,5,6,7,8);1H. The summed E-state index contributed by atoms with van der Waals surface area (Å²) in [5.41, 5.74) is -0.855. The largest absolute Gasteiger partial charge is 0.325 e. The van der Waals surface area contributed by atoms with E-state index in [-0.39, 0.29) is 10.3 Å². The highest BCUT2D eigenvalue weighted by molar-refractivity contribution is 4.77. The third-order valence-electron chi connectivity index (χ3n) is 0.686. The topological polar surface area (TPSA) is 65.7 Å². The number of H-pyrrole nitrogens is 2. The lowest BCUT2D eigenvalue weighted by molar-refractivity contribution is 1.04. The molecule has 1 aromatic rings. The lowest BCUT2D eigenvalue weighted by Crippen LogP contribution is -2.19. The van der Waals surface area contributed by atoms with Gasteiger partial charge in [0.15, 0.2) is 0 Å². The summed E-state index contributed by atoms with van der Waals surface area (Å²) in [6.45, 7) is 0. The van der Waals surface area contributed by atoms with Crippen LogP contribution in [0.4, 0.5) is 4.70 Å². The van der Waals surface area contributed by atoms with E-state index < -0.39 is 5.69 Å². The maximum absolute atomic E-state index is 10.2. The fourth-order valence-corrected chi connectivity index (χ4v) is 0.383. The molecule has 0 aliphatic rings. The van der Waals surface area contributed by atoms with Crippen molar-refractivity contribution in [3.63, 3.8) is 0 Å².